The Morgan fingerprint density at radius 1 is 1.50 bits per heavy atom. The quantitative estimate of drug-likeness (QED) is 0.849. The number of hydrogen-bond acceptors (Lipinski definition) is 5. The second-order valence-electron chi connectivity index (χ2n) is 5.57. The lowest BCUT2D eigenvalue weighted by Gasteiger charge is -2.39. The van der Waals surface area contributed by atoms with Crippen molar-refractivity contribution in [3.05, 3.63) is 27.8 Å². The SMILES string of the molecule is [2H]C([2H])([2H])n1c(=O)nc(N2C[C@@H](CC)NC[C@@H]2C)c2nc(Cl)ccc21. The highest BCUT2D eigenvalue weighted by Gasteiger charge is 2.27. The van der Waals surface area contributed by atoms with Crippen molar-refractivity contribution in [1.82, 2.24) is 19.9 Å². The van der Waals surface area contributed by atoms with Crippen LogP contribution in [0.2, 0.25) is 5.15 Å². The van der Waals surface area contributed by atoms with Crippen LogP contribution in [0.15, 0.2) is 16.9 Å². The molecule has 1 aliphatic rings. The molecule has 2 aromatic heterocycles. The van der Waals surface area contributed by atoms with Gasteiger partial charge in [-0.15, -0.1) is 0 Å². The number of nitrogens with zero attached hydrogens (tertiary/aromatic N) is 4. The minimum Gasteiger partial charge on any atom is -0.349 e. The molecule has 0 saturated carbocycles. The van der Waals surface area contributed by atoms with E-state index in [0.29, 0.717) is 22.4 Å². The van der Waals surface area contributed by atoms with Gasteiger partial charge in [0.25, 0.3) is 0 Å². The molecule has 0 amide bonds. The minimum atomic E-state index is -2.64. The summed E-state index contributed by atoms with van der Waals surface area (Å²) >= 11 is 6.03. The summed E-state index contributed by atoms with van der Waals surface area (Å²) in [7, 11) is 0. The topological polar surface area (TPSA) is 63.1 Å². The molecule has 1 aliphatic heterocycles. The maximum atomic E-state index is 12.5. The number of pyridine rings is 1. The van der Waals surface area contributed by atoms with Gasteiger partial charge in [-0.25, -0.2) is 9.78 Å². The van der Waals surface area contributed by atoms with Gasteiger partial charge in [-0.05, 0) is 25.5 Å². The van der Waals surface area contributed by atoms with Crippen molar-refractivity contribution in [3.63, 3.8) is 0 Å². The van der Waals surface area contributed by atoms with E-state index in [1.165, 1.54) is 12.1 Å². The molecule has 118 valence electrons. The number of hydrogen-bond donors (Lipinski definition) is 1. The first kappa shape index (κ1) is 11.8. The summed E-state index contributed by atoms with van der Waals surface area (Å²) in [5.41, 5.74) is -0.282. The van der Waals surface area contributed by atoms with E-state index in [1.54, 1.807) is 0 Å². The van der Waals surface area contributed by atoms with E-state index in [2.05, 4.69) is 22.2 Å². The normalized spacial score (nSPS) is 24.9. The molecule has 3 rings (SSSR count). The second kappa shape index (κ2) is 5.85. The van der Waals surface area contributed by atoms with Crippen molar-refractivity contribution < 1.29 is 4.11 Å². The Hall–Kier alpha value is -1.66. The second-order valence-corrected chi connectivity index (χ2v) is 5.96. The van der Waals surface area contributed by atoms with Crippen molar-refractivity contribution in [2.75, 3.05) is 18.0 Å². The zero-order valence-electron chi connectivity index (χ0n) is 15.5. The fourth-order valence-corrected chi connectivity index (χ4v) is 2.92. The van der Waals surface area contributed by atoms with Gasteiger partial charge in [0.2, 0.25) is 0 Å². The van der Waals surface area contributed by atoms with Gasteiger partial charge in [-0.1, -0.05) is 18.5 Å². The molecule has 6 nitrogen and oxygen atoms in total. The Balaban J connectivity index is 2.26. The highest BCUT2D eigenvalue weighted by molar-refractivity contribution is 6.29. The number of fused-ring (bicyclic) bond motifs is 1. The van der Waals surface area contributed by atoms with Crippen LogP contribution in [0.1, 0.15) is 24.4 Å². The van der Waals surface area contributed by atoms with Gasteiger partial charge < -0.3 is 10.2 Å². The van der Waals surface area contributed by atoms with Crippen LogP contribution in [0.4, 0.5) is 5.82 Å². The first-order chi connectivity index (χ1) is 11.7. The standard InChI is InChI=1S/C15H20ClN5O/c1-4-10-8-21(9(2)7-17-10)14-13-11(5-6-12(16)18-13)20(3)15(22)19-14/h5-6,9-10,17H,4,7-8H2,1-3H3/t9-,10+/m0/s1/i3D3. The van der Waals surface area contributed by atoms with Gasteiger partial charge in [0, 0.05) is 36.3 Å². The largest absolute Gasteiger partial charge is 0.349 e. The van der Waals surface area contributed by atoms with Gasteiger partial charge in [0.1, 0.15) is 10.7 Å². The minimum absolute atomic E-state index is 0.0855. The zero-order valence-corrected chi connectivity index (χ0v) is 13.3. The van der Waals surface area contributed by atoms with Gasteiger partial charge >= 0.3 is 5.69 Å². The first-order valence-corrected chi connectivity index (χ1v) is 7.70. The first-order valence-electron chi connectivity index (χ1n) is 8.82. The summed E-state index contributed by atoms with van der Waals surface area (Å²) in [6.45, 7) is 2.86. The Bertz CT molecular complexity index is 853. The molecule has 0 aliphatic carbocycles. The molecular formula is C15H20ClN5O. The maximum absolute atomic E-state index is 12.5. The fraction of sp³-hybridized carbons (Fsp3) is 0.533. The highest BCUT2D eigenvalue weighted by Crippen LogP contribution is 2.25. The molecule has 7 heteroatoms. The predicted octanol–water partition coefficient (Wildman–Crippen LogP) is 1.56. The predicted molar refractivity (Wildman–Crippen MR) is 88.7 cm³/mol. The molecule has 1 N–H and O–H groups in total. The molecular weight excluding hydrogens is 302 g/mol. The van der Waals surface area contributed by atoms with E-state index < -0.39 is 12.7 Å². The van der Waals surface area contributed by atoms with E-state index in [4.69, 9.17) is 15.7 Å². The number of nitrogens with one attached hydrogen (secondary N) is 1. The number of aryl methyl sites for hydroxylation is 1. The number of rotatable bonds is 2. The number of aromatic nitrogens is 3. The molecule has 2 atom stereocenters. The van der Waals surface area contributed by atoms with Crippen molar-refractivity contribution >= 4 is 28.5 Å². The van der Waals surface area contributed by atoms with Crippen LogP contribution in [0.3, 0.4) is 0 Å². The lowest BCUT2D eigenvalue weighted by Crippen LogP contribution is -2.56. The molecule has 22 heavy (non-hydrogen) atoms. The Kier molecular flexibility index (Phi) is 3.15. The fourth-order valence-electron chi connectivity index (χ4n) is 2.77. The summed E-state index contributed by atoms with van der Waals surface area (Å²) in [6, 6.07) is 3.33. The number of halogens is 1. The summed E-state index contributed by atoms with van der Waals surface area (Å²) in [6.07, 6.45) is 0.932. The van der Waals surface area contributed by atoms with Crippen molar-refractivity contribution in [2.24, 2.45) is 6.98 Å². The molecule has 1 fully saturated rings. The Morgan fingerprint density at radius 2 is 2.32 bits per heavy atom. The Labute approximate surface area is 138 Å². The zero-order chi connectivity index (χ0) is 18.4. The summed E-state index contributed by atoms with van der Waals surface area (Å²) in [5, 5.41) is 3.66. The number of piperazine rings is 1. The van der Waals surface area contributed by atoms with Crippen LogP contribution in [-0.2, 0) is 6.98 Å². The van der Waals surface area contributed by atoms with E-state index in [-0.39, 0.29) is 22.8 Å². The molecule has 0 radical (unpaired) electrons. The van der Waals surface area contributed by atoms with Gasteiger partial charge in [-0.2, -0.15) is 4.98 Å². The third kappa shape index (κ3) is 2.57. The van der Waals surface area contributed by atoms with Gasteiger partial charge in [-0.3, -0.25) is 4.57 Å². The van der Waals surface area contributed by atoms with Crippen LogP contribution in [0, 0.1) is 0 Å². The molecule has 0 aromatic carbocycles. The summed E-state index contributed by atoms with van der Waals surface area (Å²) in [5.74, 6) is 0.385. The highest BCUT2D eigenvalue weighted by atomic mass is 35.5. The monoisotopic (exact) mass is 324 g/mol. The Morgan fingerprint density at radius 3 is 3.05 bits per heavy atom. The van der Waals surface area contributed by atoms with Crippen LogP contribution >= 0.6 is 11.6 Å². The molecule has 2 aromatic rings. The average molecular weight is 325 g/mol. The smallest absolute Gasteiger partial charge is 0.349 e. The van der Waals surface area contributed by atoms with Crippen LogP contribution in [0.5, 0.6) is 0 Å². The molecule has 0 unspecified atom stereocenters. The van der Waals surface area contributed by atoms with Gasteiger partial charge in [0.15, 0.2) is 5.82 Å². The van der Waals surface area contributed by atoms with Crippen LogP contribution in [-0.4, -0.2) is 39.7 Å². The van der Waals surface area contributed by atoms with E-state index in [1.807, 2.05) is 11.8 Å². The van der Waals surface area contributed by atoms with Crippen molar-refractivity contribution in [3.8, 4) is 0 Å². The van der Waals surface area contributed by atoms with Crippen LogP contribution < -0.4 is 15.9 Å². The molecule has 0 spiro atoms. The summed E-state index contributed by atoms with van der Waals surface area (Å²) in [4.78, 5) is 22.8. The molecule has 3 heterocycles. The molecule has 1 saturated heterocycles. The van der Waals surface area contributed by atoms with E-state index in [0.717, 1.165) is 13.0 Å². The average Bonchev–Trinajstić information content (AvgIpc) is 2.54. The number of anilines is 1. The molecule has 0 bridgehead atoms. The lowest BCUT2D eigenvalue weighted by molar-refractivity contribution is 0.395. The third-order valence-electron chi connectivity index (χ3n) is 4.10. The van der Waals surface area contributed by atoms with Gasteiger partial charge in [0.05, 0.1) is 5.52 Å². The third-order valence-corrected chi connectivity index (χ3v) is 4.31. The lowest BCUT2D eigenvalue weighted by atomic mass is 10.1. The van der Waals surface area contributed by atoms with E-state index >= 15 is 0 Å². The van der Waals surface area contributed by atoms with E-state index in [9.17, 15) is 4.79 Å². The van der Waals surface area contributed by atoms with Crippen LogP contribution in [0.25, 0.3) is 11.0 Å². The summed E-state index contributed by atoms with van der Waals surface area (Å²) < 4.78 is 23.6. The van der Waals surface area contributed by atoms with Crippen molar-refractivity contribution in [1.29, 1.82) is 0 Å². The maximum Gasteiger partial charge on any atom is 0.349 e. The van der Waals surface area contributed by atoms with Crippen molar-refractivity contribution in [2.45, 2.75) is 32.4 Å².